The Balaban J connectivity index is 2.22. The summed E-state index contributed by atoms with van der Waals surface area (Å²) in [6, 6.07) is 11.1. The maximum atomic E-state index is 12.7. The maximum Gasteiger partial charge on any atom is 0.416 e. The van der Waals surface area contributed by atoms with Gasteiger partial charge in [-0.3, -0.25) is 0 Å². The Bertz CT molecular complexity index is 1000. The van der Waals surface area contributed by atoms with E-state index in [0.717, 1.165) is 12.1 Å². The molecule has 2 aromatic rings. The molecule has 2 aromatic carbocycles. The summed E-state index contributed by atoms with van der Waals surface area (Å²) >= 11 is 0. The van der Waals surface area contributed by atoms with Crippen molar-refractivity contribution in [3.05, 3.63) is 71.3 Å². The van der Waals surface area contributed by atoms with E-state index in [4.69, 9.17) is 14.2 Å². The van der Waals surface area contributed by atoms with E-state index < -0.39 is 17.7 Å². The Morgan fingerprint density at radius 3 is 2.37 bits per heavy atom. The van der Waals surface area contributed by atoms with Crippen LogP contribution in [0.4, 0.5) is 13.2 Å². The quantitative estimate of drug-likeness (QED) is 0.203. The number of alkyl halides is 3. The molecular formula is C22H18F3NO4. The Kier molecular flexibility index (Phi) is 7.26. The van der Waals surface area contributed by atoms with E-state index in [-0.39, 0.29) is 29.4 Å². The van der Waals surface area contributed by atoms with Crippen molar-refractivity contribution in [2.45, 2.75) is 13.1 Å². The smallest absolute Gasteiger partial charge is 0.416 e. The van der Waals surface area contributed by atoms with Gasteiger partial charge in [-0.2, -0.15) is 18.4 Å². The second kappa shape index (κ2) is 9.65. The standard InChI is InChI=1S/C22H18F3NO4/c1-14(2)21(27)30-13-29-19-9-6-16(11-20(19)28-3)17(12-26)10-15-4-7-18(8-5-15)22(23,24)25/h4-11H,1,13H2,2-3H3/b17-10+. The number of ether oxygens (including phenoxy) is 3. The lowest BCUT2D eigenvalue weighted by Crippen LogP contribution is -2.11. The molecule has 2 rings (SSSR count). The first kappa shape index (κ1) is 22.6. The van der Waals surface area contributed by atoms with Gasteiger partial charge in [0.25, 0.3) is 0 Å². The average Bonchev–Trinajstić information content (AvgIpc) is 2.71. The molecule has 156 valence electrons. The molecular weight excluding hydrogens is 399 g/mol. The van der Waals surface area contributed by atoms with Crippen LogP contribution in [0.1, 0.15) is 23.6 Å². The summed E-state index contributed by atoms with van der Waals surface area (Å²) in [4.78, 5) is 11.4. The average molecular weight is 417 g/mol. The molecule has 0 radical (unpaired) electrons. The van der Waals surface area contributed by atoms with Gasteiger partial charge >= 0.3 is 12.1 Å². The van der Waals surface area contributed by atoms with Gasteiger partial charge in [0.05, 0.1) is 24.3 Å². The zero-order chi connectivity index (χ0) is 22.3. The lowest BCUT2D eigenvalue weighted by atomic mass is 10.0. The number of halogens is 3. The van der Waals surface area contributed by atoms with Gasteiger partial charge in [-0.25, -0.2) is 4.79 Å². The number of methoxy groups -OCH3 is 1. The van der Waals surface area contributed by atoms with Crippen LogP contribution in [0.5, 0.6) is 11.5 Å². The molecule has 0 aliphatic rings. The maximum absolute atomic E-state index is 12.7. The van der Waals surface area contributed by atoms with Crippen LogP contribution in [0, 0.1) is 11.3 Å². The molecule has 0 saturated carbocycles. The van der Waals surface area contributed by atoms with Gasteiger partial charge in [-0.15, -0.1) is 0 Å². The van der Waals surface area contributed by atoms with Gasteiger partial charge in [-0.05, 0) is 54.5 Å². The molecule has 0 saturated heterocycles. The van der Waals surface area contributed by atoms with Crippen LogP contribution in [0.15, 0.2) is 54.6 Å². The third-order valence-electron chi connectivity index (χ3n) is 3.90. The van der Waals surface area contributed by atoms with E-state index in [9.17, 15) is 23.2 Å². The molecule has 0 N–H and O–H groups in total. The number of hydrogen-bond donors (Lipinski definition) is 0. The molecule has 0 atom stereocenters. The molecule has 5 nitrogen and oxygen atoms in total. The van der Waals surface area contributed by atoms with Crippen LogP contribution in [0.2, 0.25) is 0 Å². The second-order valence-electron chi connectivity index (χ2n) is 6.13. The van der Waals surface area contributed by atoms with E-state index in [1.807, 2.05) is 6.07 Å². The Hall–Kier alpha value is -3.73. The molecule has 30 heavy (non-hydrogen) atoms. The first-order chi connectivity index (χ1) is 14.2. The zero-order valence-electron chi connectivity index (χ0n) is 16.2. The first-order valence-corrected chi connectivity index (χ1v) is 8.58. The summed E-state index contributed by atoms with van der Waals surface area (Å²) < 4.78 is 53.5. The molecule has 0 unspecified atom stereocenters. The number of carbonyl (C=O) groups is 1. The predicted molar refractivity (Wildman–Crippen MR) is 104 cm³/mol. The van der Waals surface area contributed by atoms with Crippen LogP contribution in [0.25, 0.3) is 11.6 Å². The van der Waals surface area contributed by atoms with Crippen LogP contribution in [-0.4, -0.2) is 19.9 Å². The Morgan fingerprint density at radius 1 is 1.17 bits per heavy atom. The summed E-state index contributed by atoms with van der Waals surface area (Å²) in [5.74, 6) is -0.0353. The molecule has 0 heterocycles. The van der Waals surface area contributed by atoms with Crippen LogP contribution >= 0.6 is 0 Å². The predicted octanol–water partition coefficient (Wildman–Crippen LogP) is 5.23. The molecule has 0 bridgehead atoms. The van der Waals surface area contributed by atoms with Crippen molar-refractivity contribution in [2.75, 3.05) is 13.9 Å². The summed E-state index contributed by atoms with van der Waals surface area (Å²) in [7, 11) is 1.40. The second-order valence-corrected chi connectivity index (χ2v) is 6.13. The summed E-state index contributed by atoms with van der Waals surface area (Å²) in [5.41, 5.74) is 0.584. The third-order valence-corrected chi connectivity index (χ3v) is 3.90. The lowest BCUT2D eigenvalue weighted by molar-refractivity contribution is -0.145. The minimum absolute atomic E-state index is 0.216. The van der Waals surface area contributed by atoms with Gasteiger partial charge in [0.2, 0.25) is 6.79 Å². The van der Waals surface area contributed by atoms with Crippen molar-refractivity contribution in [1.82, 2.24) is 0 Å². The fourth-order valence-corrected chi connectivity index (χ4v) is 2.34. The number of nitrogens with zero attached hydrogens (tertiary/aromatic N) is 1. The minimum atomic E-state index is -4.43. The SMILES string of the molecule is C=C(C)C(=O)OCOc1ccc(/C(C#N)=C/c2ccc(C(F)(F)F)cc2)cc1OC. The van der Waals surface area contributed by atoms with Gasteiger partial charge in [0.1, 0.15) is 0 Å². The number of hydrogen-bond acceptors (Lipinski definition) is 5. The molecule has 0 aliphatic carbocycles. The van der Waals surface area contributed by atoms with E-state index in [0.29, 0.717) is 11.1 Å². The highest BCUT2D eigenvalue weighted by atomic mass is 19.4. The van der Waals surface area contributed by atoms with Crippen molar-refractivity contribution >= 4 is 17.6 Å². The zero-order valence-corrected chi connectivity index (χ0v) is 16.2. The van der Waals surface area contributed by atoms with Crippen molar-refractivity contribution in [3.63, 3.8) is 0 Å². The van der Waals surface area contributed by atoms with Crippen molar-refractivity contribution < 1.29 is 32.2 Å². The number of rotatable bonds is 7. The van der Waals surface area contributed by atoms with E-state index >= 15 is 0 Å². The minimum Gasteiger partial charge on any atom is -0.493 e. The molecule has 0 spiro atoms. The van der Waals surface area contributed by atoms with Gasteiger partial charge in [0, 0.05) is 5.57 Å². The third kappa shape index (κ3) is 5.88. The summed E-state index contributed by atoms with van der Waals surface area (Å²) in [6.45, 7) is 4.61. The summed E-state index contributed by atoms with van der Waals surface area (Å²) in [5, 5.41) is 9.48. The largest absolute Gasteiger partial charge is 0.493 e. The van der Waals surface area contributed by atoms with Crippen molar-refractivity contribution in [1.29, 1.82) is 5.26 Å². The molecule has 8 heteroatoms. The number of nitriles is 1. The highest BCUT2D eigenvalue weighted by Gasteiger charge is 2.29. The summed E-state index contributed by atoms with van der Waals surface area (Å²) in [6.07, 6.45) is -2.97. The monoisotopic (exact) mass is 417 g/mol. The fourth-order valence-electron chi connectivity index (χ4n) is 2.34. The molecule has 0 fully saturated rings. The van der Waals surface area contributed by atoms with Crippen LogP contribution < -0.4 is 9.47 Å². The van der Waals surface area contributed by atoms with E-state index in [1.54, 1.807) is 6.07 Å². The van der Waals surface area contributed by atoms with E-state index in [1.165, 1.54) is 44.4 Å². The van der Waals surface area contributed by atoms with Gasteiger partial charge in [0.15, 0.2) is 11.5 Å². The van der Waals surface area contributed by atoms with Gasteiger partial charge in [-0.1, -0.05) is 18.7 Å². The van der Waals surface area contributed by atoms with E-state index in [2.05, 4.69) is 6.58 Å². The fraction of sp³-hybridized carbons (Fsp3) is 0.182. The number of benzene rings is 2. The van der Waals surface area contributed by atoms with Gasteiger partial charge < -0.3 is 14.2 Å². The number of esters is 1. The normalized spacial score (nSPS) is 11.4. The van der Waals surface area contributed by atoms with Crippen LogP contribution in [-0.2, 0) is 15.7 Å². The van der Waals surface area contributed by atoms with Crippen molar-refractivity contribution in [3.8, 4) is 17.6 Å². The van der Waals surface area contributed by atoms with Crippen LogP contribution in [0.3, 0.4) is 0 Å². The van der Waals surface area contributed by atoms with Crippen molar-refractivity contribution in [2.24, 2.45) is 0 Å². The molecule has 0 aliphatic heterocycles. The lowest BCUT2D eigenvalue weighted by Gasteiger charge is -2.12. The Labute approximate surface area is 171 Å². The topological polar surface area (TPSA) is 68.5 Å². The molecule has 0 aromatic heterocycles. The number of allylic oxidation sites excluding steroid dienone is 1. The number of carbonyl (C=O) groups excluding carboxylic acids is 1. The Morgan fingerprint density at radius 2 is 1.83 bits per heavy atom. The highest BCUT2D eigenvalue weighted by Crippen LogP contribution is 2.32. The molecule has 0 amide bonds. The first-order valence-electron chi connectivity index (χ1n) is 8.58. The highest BCUT2D eigenvalue weighted by molar-refractivity contribution is 5.90.